The molecule has 1 amide bonds. The minimum absolute atomic E-state index is 0.264. The fraction of sp³-hybridized carbons (Fsp3) is 0. The Morgan fingerprint density at radius 3 is 2.35 bits per heavy atom. The Balaban J connectivity index is 1.79. The number of hydrogen-bond donors (Lipinski definition) is 2. The number of rotatable bonds is 3. The third kappa shape index (κ3) is 3.70. The van der Waals surface area contributed by atoms with Crippen LogP contribution in [0.3, 0.4) is 0 Å². The van der Waals surface area contributed by atoms with Crippen molar-refractivity contribution in [2.24, 2.45) is 0 Å². The molecular weight excluding hydrogens is 340 g/mol. The maximum Gasteiger partial charge on any atom is 0.273 e. The molecule has 1 aromatic heterocycles. The minimum Gasteiger partial charge on any atom is -0.321 e. The number of H-pyrrole nitrogens is 1. The highest BCUT2D eigenvalue weighted by atomic mass is 35.5. The van der Waals surface area contributed by atoms with Crippen molar-refractivity contribution in [1.82, 2.24) is 10.2 Å². The Hall–Kier alpha value is -2.37. The first-order valence-electron chi connectivity index (χ1n) is 6.60. The first kappa shape index (κ1) is 15.5. The molecule has 3 aromatic rings. The van der Waals surface area contributed by atoms with Crippen LogP contribution in [0.2, 0.25) is 10.0 Å². The summed E-state index contributed by atoms with van der Waals surface area (Å²) in [4.78, 5) is 12.2. The molecule has 2 N–H and O–H groups in total. The Morgan fingerprint density at radius 2 is 1.70 bits per heavy atom. The fourth-order valence-corrected chi connectivity index (χ4v) is 2.56. The molecule has 0 bridgehead atoms. The third-order valence-corrected chi connectivity index (χ3v) is 3.52. The van der Waals surface area contributed by atoms with E-state index in [1.807, 2.05) is 0 Å². The van der Waals surface area contributed by atoms with Gasteiger partial charge in [0.25, 0.3) is 5.91 Å². The predicted molar refractivity (Wildman–Crippen MR) is 88.4 cm³/mol. The van der Waals surface area contributed by atoms with Gasteiger partial charge >= 0.3 is 0 Å². The van der Waals surface area contributed by atoms with Gasteiger partial charge in [-0.1, -0.05) is 23.2 Å². The predicted octanol–water partition coefficient (Wildman–Crippen LogP) is 4.77. The van der Waals surface area contributed by atoms with Crippen LogP contribution in [-0.4, -0.2) is 16.1 Å². The number of aromatic amines is 1. The van der Waals surface area contributed by atoms with Gasteiger partial charge in [-0.15, -0.1) is 0 Å². The van der Waals surface area contributed by atoms with Crippen LogP contribution < -0.4 is 5.32 Å². The molecule has 0 aliphatic carbocycles. The fourth-order valence-electron chi connectivity index (χ4n) is 2.03. The molecule has 1 heterocycles. The van der Waals surface area contributed by atoms with Crippen molar-refractivity contribution in [1.29, 1.82) is 0 Å². The second-order valence-electron chi connectivity index (χ2n) is 4.79. The lowest BCUT2D eigenvalue weighted by Gasteiger charge is -2.04. The van der Waals surface area contributed by atoms with Crippen LogP contribution in [0.4, 0.5) is 10.1 Å². The maximum absolute atomic E-state index is 12.9. The summed E-state index contributed by atoms with van der Waals surface area (Å²) in [6, 6.07) is 12.2. The Labute approximate surface area is 141 Å². The summed E-state index contributed by atoms with van der Waals surface area (Å²) in [7, 11) is 0. The minimum atomic E-state index is -0.385. The second-order valence-corrected chi connectivity index (χ2v) is 5.66. The molecular formula is C16H10Cl2FN3O. The second kappa shape index (κ2) is 6.40. The number of carbonyl (C=O) groups is 1. The lowest BCUT2D eigenvalue weighted by molar-refractivity contribution is 0.102. The highest BCUT2D eigenvalue weighted by molar-refractivity contribution is 6.35. The van der Waals surface area contributed by atoms with Crippen LogP contribution in [-0.2, 0) is 0 Å². The molecule has 7 heteroatoms. The molecule has 116 valence electrons. The van der Waals surface area contributed by atoms with Gasteiger partial charge in [0.2, 0.25) is 0 Å². The number of amides is 1. The third-order valence-electron chi connectivity index (χ3n) is 3.08. The molecule has 2 aromatic carbocycles. The van der Waals surface area contributed by atoms with Crippen LogP contribution in [0.5, 0.6) is 0 Å². The molecule has 0 aliphatic rings. The van der Waals surface area contributed by atoms with E-state index in [1.54, 1.807) is 36.4 Å². The van der Waals surface area contributed by atoms with Crippen molar-refractivity contribution in [2.45, 2.75) is 0 Å². The summed E-state index contributed by atoms with van der Waals surface area (Å²) in [6.07, 6.45) is 0. The zero-order valence-electron chi connectivity index (χ0n) is 11.6. The van der Waals surface area contributed by atoms with Crippen LogP contribution in [0, 0.1) is 5.82 Å². The van der Waals surface area contributed by atoms with Gasteiger partial charge in [0.1, 0.15) is 11.5 Å². The van der Waals surface area contributed by atoms with E-state index in [0.717, 1.165) is 0 Å². The largest absolute Gasteiger partial charge is 0.321 e. The average molecular weight is 350 g/mol. The number of halogens is 3. The van der Waals surface area contributed by atoms with Crippen molar-refractivity contribution in [3.05, 3.63) is 70.1 Å². The topological polar surface area (TPSA) is 57.8 Å². The van der Waals surface area contributed by atoms with Gasteiger partial charge < -0.3 is 5.32 Å². The van der Waals surface area contributed by atoms with Crippen LogP contribution in [0.25, 0.3) is 11.3 Å². The molecule has 0 spiro atoms. The normalized spacial score (nSPS) is 10.6. The first-order valence-corrected chi connectivity index (χ1v) is 7.35. The molecule has 4 nitrogen and oxygen atoms in total. The standard InChI is InChI=1S/C16H10Cl2FN3O/c17-10-5-11(18)7-13(6-10)20-16(23)15-8-14(21-22-15)9-1-3-12(19)4-2-9/h1-8H,(H,20,23)(H,21,22). The first-order chi connectivity index (χ1) is 11.0. The number of benzene rings is 2. The highest BCUT2D eigenvalue weighted by Gasteiger charge is 2.12. The molecule has 0 fully saturated rings. The number of aromatic nitrogens is 2. The number of nitrogens with zero attached hydrogens (tertiary/aromatic N) is 1. The van der Waals surface area contributed by atoms with Crippen molar-refractivity contribution >= 4 is 34.8 Å². The van der Waals surface area contributed by atoms with Crippen molar-refractivity contribution < 1.29 is 9.18 Å². The molecule has 0 saturated carbocycles. The number of nitrogens with one attached hydrogen (secondary N) is 2. The number of anilines is 1. The maximum atomic E-state index is 12.9. The van der Waals surface area contributed by atoms with Crippen LogP contribution in [0.15, 0.2) is 48.5 Å². The van der Waals surface area contributed by atoms with E-state index < -0.39 is 0 Å². The lowest BCUT2D eigenvalue weighted by atomic mass is 10.1. The quantitative estimate of drug-likeness (QED) is 0.715. The van der Waals surface area contributed by atoms with Gasteiger partial charge in [0.15, 0.2) is 0 Å². The van der Waals surface area contributed by atoms with Gasteiger partial charge in [-0.25, -0.2) is 4.39 Å². The molecule has 0 aliphatic heterocycles. The van der Waals surface area contributed by atoms with Crippen molar-refractivity contribution in [3.8, 4) is 11.3 Å². The van der Waals surface area contributed by atoms with E-state index in [4.69, 9.17) is 23.2 Å². The Morgan fingerprint density at radius 1 is 1.04 bits per heavy atom. The number of carbonyl (C=O) groups excluding carboxylic acids is 1. The summed E-state index contributed by atoms with van der Waals surface area (Å²) in [5, 5.41) is 10.2. The van der Waals surface area contributed by atoms with Crippen LogP contribution >= 0.6 is 23.2 Å². The smallest absolute Gasteiger partial charge is 0.273 e. The van der Waals surface area contributed by atoms with Gasteiger partial charge in [0, 0.05) is 21.3 Å². The summed E-state index contributed by atoms with van der Waals surface area (Å²) in [5.74, 6) is -0.718. The van der Waals surface area contributed by atoms with E-state index in [9.17, 15) is 9.18 Å². The molecule has 0 saturated heterocycles. The summed E-state index contributed by atoms with van der Waals surface area (Å²) in [6.45, 7) is 0. The average Bonchev–Trinajstić information content (AvgIpc) is 2.97. The van der Waals surface area contributed by atoms with Gasteiger partial charge in [-0.3, -0.25) is 9.89 Å². The van der Waals surface area contributed by atoms with E-state index in [0.29, 0.717) is 27.0 Å². The van der Waals surface area contributed by atoms with E-state index in [-0.39, 0.29) is 17.4 Å². The van der Waals surface area contributed by atoms with Crippen molar-refractivity contribution in [3.63, 3.8) is 0 Å². The highest BCUT2D eigenvalue weighted by Crippen LogP contribution is 2.23. The summed E-state index contributed by atoms with van der Waals surface area (Å²) in [5.41, 5.74) is 1.98. The van der Waals surface area contributed by atoms with Gasteiger partial charge in [-0.05, 0) is 48.5 Å². The monoisotopic (exact) mass is 349 g/mol. The molecule has 0 atom stereocenters. The number of hydrogen-bond acceptors (Lipinski definition) is 2. The van der Waals surface area contributed by atoms with E-state index in [1.165, 1.54) is 12.1 Å². The zero-order chi connectivity index (χ0) is 16.4. The van der Waals surface area contributed by atoms with Gasteiger partial charge in [-0.2, -0.15) is 5.10 Å². The zero-order valence-corrected chi connectivity index (χ0v) is 13.1. The van der Waals surface area contributed by atoms with E-state index >= 15 is 0 Å². The molecule has 0 unspecified atom stereocenters. The van der Waals surface area contributed by atoms with E-state index in [2.05, 4.69) is 15.5 Å². The van der Waals surface area contributed by atoms with Gasteiger partial charge in [0.05, 0.1) is 5.69 Å². The summed E-state index contributed by atoms with van der Waals surface area (Å²) >= 11 is 11.8. The SMILES string of the molecule is O=C(Nc1cc(Cl)cc(Cl)c1)c1cc(-c2ccc(F)cc2)n[nH]1. The lowest BCUT2D eigenvalue weighted by Crippen LogP contribution is -2.12. The van der Waals surface area contributed by atoms with Crippen molar-refractivity contribution in [2.75, 3.05) is 5.32 Å². The Kier molecular flexibility index (Phi) is 4.32. The molecule has 23 heavy (non-hydrogen) atoms. The molecule has 0 radical (unpaired) electrons. The van der Waals surface area contributed by atoms with Crippen LogP contribution in [0.1, 0.15) is 10.5 Å². The Bertz CT molecular complexity index is 842. The summed E-state index contributed by atoms with van der Waals surface area (Å²) < 4.78 is 12.9. The molecule has 3 rings (SSSR count).